The Hall–Kier alpha value is -3.01. The van der Waals surface area contributed by atoms with Crippen LogP contribution in [0.2, 0.25) is 0 Å². The van der Waals surface area contributed by atoms with Crippen molar-refractivity contribution in [2.75, 3.05) is 18.0 Å². The summed E-state index contributed by atoms with van der Waals surface area (Å²) in [5, 5.41) is 0. The van der Waals surface area contributed by atoms with Crippen LogP contribution >= 0.6 is 24.0 Å². The van der Waals surface area contributed by atoms with Gasteiger partial charge < -0.3 is 9.64 Å². The summed E-state index contributed by atoms with van der Waals surface area (Å²) in [6.45, 7) is 9.59. The number of benzene rings is 1. The molecule has 0 spiro atoms. The lowest BCUT2D eigenvalue weighted by atomic mass is 10.1. The van der Waals surface area contributed by atoms with E-state index in [1.165, 1.54) is 11.8 Å². The van der Waals surface area contributed by atoms with Crippen molar-refractivity contribution in [1.29, 1.82) is 0 Å². The first kappa shape index (κ1) is 24.7. The summed E-state index contributed by atoms with van der Waals surface area (Å²) >= 11 is 6.78. The van der Waals surface area contributed by atoms with Gasteiger partial charge in [0.05, 0.1) is 29.2 Å². The van der Waals surface area contributed by atoms with Crippen LogP contribution in [-0.2, 0) is 16.1 Å². The lowest BCUT2D eigenvalue weighted by molar-refractivity contribution is -0.122. The summed E-state index contributed by atoms with van der Waals surface area (Å²) in [5.41, 5.74) is 3.83. The monoisotopic (exact) mass is 520 g/mol. The SMILES string of the molecule is Cc1ccc(CN2C(=O)/C(=C/c3c(N4CC(C)OC(C)C4)nc4c(C)cccn4c3=O)SC2=S)cc1. The third kappa shape index (κ3) is 4.70. The number of ether oxygens (including phenoxy) is 1. The molecule has 0 radical (unpaired) electrons. The second-order valence-corrected chi connectivity index (χ2v) is 11.1. The van der Waals surface area contributed by atoms with Crippen LogP contribution in [0.25, 0.3) is 11.7 Å². The molecule has 4 heterocycles. The van der Waals surface area contributed by atoms with Crippen LogP contribution in [0.4, 0.5) is 5.82 Å². The Kier molecular flexibility index (Phi) is 6.72. The highest BCUT2D eigenvalue weighted by Crippen LogP contribution is 2.35. The highest BCUT2D eigenvalue weighted by molar-refractivity contribution is 8.26. The van der Waals surface area contributed by atoms with Crippen molar-refractivity contribution in [1.82, 2.24) is 14.3 Å². The maximum atomic E-state index is 13.7. The molecule has 2 aliphatic rings. The Labute approximate surface area is 219 Å². The smallest absolute Gasteiger partial charge is 0.267 e. The average molecular weight is 521 g/mol. The minimum absolute atomic E-state index is 0.00792. The fraction of sp³-hybridized carbons (Fsp3) is 0.333. The lowest BCUT2D eigenvalue weighted by Crippen LogP contribution is -2.46. The molecule has 2 unspecified atom stereocenters. The number of nitrogens with zero attached hydrogens (tertiary/aromatic N) is 4. The number of thiocarbonyl (C=S) groups is 1. The van der Waals surface area contributed by atoms with E-state index in [-0.39, 0.29) is 23.7 Å². The number of carbonyl (C=O) groups is 1. The molecule has 0 bridgehead atoms. The predicted molar refractivity (Wildman–Crippen MR) is 148 cm³/mol. The molecule has 1 aromatic carbocycles. The zero-order valence-corrected chi connectivity index (χ0v) is 22.4. The van der Waals surface area contributed by atoms with E-state index in [1.54, 1.807) is 21.6 Å². The number of aromatic nitrogens is 2. The first-order valence-corrected chi connectivity index (χ1v) is 13.2. The van der Waals surface area contributed by atoms with E-state index in [2.05, 4.69) is 4.90 Å². The van der Waals surface area contributed by atoms with Crippen molar-refractivity contribution >= 4 is 51.7 Å². The van der Waals surface area contributed by atoms with E-state index in [1.807, 2.05) is 64.1 Å². The number of amides is 1. The number of aryl methyl sites for hydroxylation is 2. The molecule has 2 fully saturated rings. The fourth-order valence-electron chi connectivity index (χ4n) is 4.66. The summed E-state index contributed by atoms with van der Waals surface area (Å²) in [7, 11) is 0. The summed E-state index contributed by atoms with van der Waals surface area (Å²) in [5.74, 6) is 0.370. The van der Waals surface area contributed by atoms with Crippen molar-refractivity contribution in [3.63, 3.8) is 0 Å². The highest BCUT2D eigenvalue weighted by atomic mass is 32.2. The number of anilines is 1. The molecular weight excluding hydrogens is 492 g/mol. The maximum Gasteiger partial charge on any atom is 0.267 e. The second-order valence-electron chi connectivity index (χ2n) is 9.45. The molecule has 2 saturated heterocycles. The van der Waals surface area contributed by atoms with E-state index in [9.17, 15) is 9.59 Å². The van der Waals surface area contributed by atoms with Gasteiger partial charge >= 0.3 is 0 Å². The topological polar surface area (TPSA) is 67.2 Å². The van der Waals surface area contributed by atoms with Gasteiger partial charge in [-0.15, -0.1) is 0 Å². The van der Waals surface area contributed by atoms with Gasteiger partial charge in [-0.3, -0.25) is 18.9 Å². The third-order valence-corrected chi connectivity index (χ3v) is 7.77. The summed E-state index contributed by atoms with van der Waals surface area (Å²) in [4.78, 5) is 36.2. The van der Waals surface area contributed by atoms with E-state index >= 15 is 0 Å². The second kappa shape index (κ2) is 9.80. The fourth-order valence-corrected chi connectivity index (χ4v) is 5.90. The molecular formula is C27H28N4O3S2. The predicted octanol–water partition coefficient (Wildman–Crippen LogP) is 4.33. The van der Waals surface area contributed by atoms with Crippen LogP contribution < -0.4 is 10.5 Å². The van der Waals surface area contributed by atoms with Gasteiger partial charge in [0.15, 0.2) is 0 Å². The number of morpholine rings is 1. The average Bonchev–Trinajstić information content (AvgIpc) is 3.09. The zero-order valence-electron chi connectivity index (χ0n) is 20.7. The van der Waals surface area contributed by atoms with Crippen LogP contribution in [0.3, 0.4) is 0 Å². The molecule has 5 rings (SSSR count). The number of hydrogen-bond acceptors (Lipinski definition) is 7. The highest BCUT2D eigenvalue weighted by Gasteiger charge is 2.33. The Morgan fingerprint density at radius 2 is 1.81 bits per heavy atom. The number of fused-ring (bicyclic) bond motifs is 1. The number of hydrogen-bond donors (Lipinski definition) is 0. The summed E-state index contributed by atoms with van der Waals surface area (Å²) < 4.78 is 7.94. The number of rotatable bonds is 4. The molecule has 186 valence electrons. The van der Waals surface area contributed by atoms with Crippen LogP contribution in [0.5, 0.6) is 0 Å². The molecule has 0 N–H and O–H groups in total. The van der Waals surface area contributed by atoms with Crippen molar-refractivity contribution in [2.24, 2.45) is 0 Å². The number of carbonyl (C=O) groups excluding carboxylic acids is 1. The number of thioether (sulfide) groups is 1. The van der Waals surface area contributed by atoms with Gasteiger partial charge in [0.1, 0.15) is 15.8 Å². The van der Waals surface area contributed by atoms with E-state index in [4.69, 9.17) is 21.9 Å². The van der Waals surface area contributed by atoms with Crippen molar-refractivity contribution in [3.8, 4) is 0 Å². The summed E-state index contributed by atoms with van der Waals surface area (Å²) in [6, 6.07) is 11.8. The van der Waals surface area contributed by atoms with Gasteiger partial charge in [-0.1, -0.05) is 59.9 Å². The molecule has 7 nitrogen and oxygen atoms in total. The van der Waals surface area contributed by atoms with Crippen LogP contribution in [0.1, 0.15) is 36.1 Å². The molecule has 0 saturated carbocycles. The van der Waals surface area contributed by atoms with Crippen molar-refractivity contribution in [3.05, 3.63) is 80.1 Å². The third-order valence-electron chi connectivity index (χ3n) is 6.39. The summed E-state index contributed by atoms with van der Waals surface area (Å²) in [6.07, 6.45) is 3.36. The van der Waals surface area contributed by atoms with Crippen LogP contribution in [-0.4, -0.2) is 49.8 Å². The van der Waals surface area contributed by atoms with Gasteiger partial charge in [0.2, 0.25) is 0 Å². The van der Waals surface area contributed by atoms with Crippen molar-refractivity contribution in [2.45, 2.75) is 46.4 Å². The number of pyridine rings is 1. The van der Waals surface area contributed by atoms with E-state index in [0.717, 1.165) is 16.7 Å². The molecule has 2 atom stereocenters. The maximum absolute atomic E-state index is 13.7. The Morgan fingerprint density at radius 1 is 1.11 bits per heavy atom. The Morgan fingerprint density at radius 3 is 2.50 bits per heavy atom. The lowest BCUT2D eigenvalue weighted by Gasteiger charge is -2.36. The Bertz CT molecular complexity index is 1440. The van der Waals surface area contributed by atoms with E-state index in [0.29, 0.717) is 45.9 Å². The van der Waals surface area contributed by atoms with Gasteiger partial charge in [0, 0.05) is 19.3 Å². The molecule has 0 aliphatic carbocycles. The largest absolute Gasteiger partial charge is 0.372 e. The minimum Gasteiger partial charge on any atom is -0.372 e. The first-order valence-electron chi connectivity index (χ1n) is 11.9. The van der Waals surface area contributed by atoms with Crippen LogP contribution in [0, 0.1) is 13.8 Å². The molecule has 3 aromatic rings. The molecule has 9 heteroatoms. The molecule has 2 aliphatic heterocycles. The van der Waals surface area contributed by atoms with Gasteiger partial charge in [0.25, 0.3) is 11.5 Å². The molecule has 36 heavy (non-hydrogen) atoms. The van der Waals surface area contributed by atoms with Crippen molar-refractivity contribution < 1.29 is 9.53 Å². The van der Waals surface area contributed by atoms with Gasteiger partial charge in [-0.25, -0.2) is 4.98 Å². The standard InChI is InChI=1S/C27H28N4O3S2/c1-16-7-9-20(10-8-16)15-31-26(33)22(36-27(31)35)12-21-24(29-13-18(3)34-19(4)14-29)28-23-17(2)6-5-11-30(23)25(21)32/h5-12,18-19H,13-15H2,1-4H3/b22-12-. The first-order chi connectivity index (χ1) is 17.2. The van der Waals surface area contributed by atoms with Crippen LogP contribution in [0.15, 0.2) is 52.3 Å². The zero-order chi connectivity index (χ0) is 25.6. The molecule has 2 aromatic heterocycles. The van der Waals surface area contributed by atoms with E-state index < -0.39 is 0 Å². The Balaban J connectivity index is 1.58. The van der Waals surface area contributed by atoms with Gasteiger partial charge in [-0.05, 0) is 51.0 Å². The minimum atomic E-state index is -0.214. The molecule has 1 amide bonds. The van der Waals surface area contributed by atoms with Gasteiger partial charge in [-0.2, -0.15) is 0 Å². The normalized spacial score (nSPS) is 21.7. The quantitative estimate of drug-likeness (QED) is 0.375.